The molecule has 0 amide bonds. The molecule has 1 rings (SSSR count). The van der Waals surface area contributed by atoms with Crippen molar-refractivity contribution < 1.29 is 0 Å². The van der Waals surface area contributed by atoms with Crippen LogP contribution in [-0.4, -0.2) is 13.1 Å². The standard InChI is InChI=1S/C12H19Cl2NS/c1-3-15-7-6-9(2)4-5-10-8-11(13)16-12(10)14/h8-9,15H,3-7H2,1-2H3. The van der Waals surface area contributed by atoms with Crippen molar-refractivity contribution in [3.05, 3.63) is 20.3 Å². The van der Waals surface area contributed by atoms with Gasteiger partial charge in [0.15, 0.2) is 0 Å². The van der Waals surface area contributed by atoms with Gasteiger partial charge in [0.2, 0.25) is 0 Å². The highest BCUT2D eigenvalue weighted by molar-refractivity contribution is 7.20. The Morgan fingerprint density at radius 2 is 2.12 bits per heavy atom. The quantitative estimate of drug-likeness (QED) is 0.718. The molecule has 1 N–H and O–H groups in total. The van der Waals surface area contributed by atoms with Crippen LogP contribution in [0.4, 0.5) is 0 Å². The van der Waals surface area contributed by atoms with E-state index in [1.54, 1.807) is 0 Å². The number of hydrogen-bond acceptors (Lipinski definition) is 2. The Morgan fingerprint density at radius 3 is 2.69 bits per heavy atom. The van der Waals surface area contributed by atoms with E-state index in [4.69, 9.17) is 23.2 Å². The van der Waals surface area contributed by atoms with Gasteiger partial charge in [0.25, 0.3) is 0 Å². The van der Waals surface area contributed by atoms with E-state index in [2.05, 4.69) is 19.2 Å². The van der Waals surface area contributed by atoms with E-state index in [-0.39, 0.29) is 0 Å². The summed E-state index contributed by atoms with van der Waals surface area (Å²) in [4.78, 5) is 0. The minimum absolute atomic E-state index is 0.730. The van der Waals surface area contributed by atoms with Crippen LogP contribution < -0.4 is 5.32 Å². The van der Waals surface area contributed by atoms with Crippen molar-refractivity contribution in [3.8, 4) is 0 Å². The largest absolute Gasteiger partial charge is 0.317 e. The van der Waals surface area contributed by atoms with Crippen LogP contribution in [0.3, 0.4) is 0 Å². The lowest BCUT2D eigenvalue weighted by Gasteiger charge is -2.10. The lowest BCUT2D eigenvalue weighted by atomic mass is 9.99. The third-order valence-electron chi connectivity index (χ3n) is 2.70. The summed E-state index contributed by atoms with van der Waals surface area (Å²) in [6, 6.07) is 1.99. The second-order valence-corrected chi connectivity index (χ2v) is 6.42. The number of rotatable bonds is 7. The average molecular weight is 280 g/mol. The van der Waals surface area contributed by atoms with Crippen molar-refractivity contribution in [3.63, 3.8) is 0 Å². The Kier molecular flexibility index (Phi) is 6.74. The summed E-state index contributed by atoms with van der Waals surface area (Å²) in [7, 11) is 0. The molecule has 0 spiro atoms. The van der Waals surface area contributed by atoms with Gasteiger partial charge in [0.1, 0.15) is 0 Å². The van der Waals surface area contributed by atoms with E-state index >= 15 is 0 Å². The molecule has 4 heteroatoms. The van der Waals surface area contributed by atoms with Crippen molar-refractivity contribution in [2.24, 2.45) is 5.92 Å². The first-order valence-electron chi connectivity index (χ1n) is 5.78. The van der Waals surface area contributed by atoms with Gasteiger partial charge in [-0.15, -0.1) is 11.3 Å². The van der Waals surface area contributed by atoms with Crippen molar-refractivity contribution in [2.75, 3.05) is 13.1 Å². The SMILES string of the molecule is CCNCCC(C)CCc1cc(Cl)sc1Cl. The fraction of sp³-hybridized carbons (Fsp3) is 0.667. The number of thiophene rings is 1. The van der Waals surface area contributed by atoms with E-state index in [1.807, 2.05) is 6.07 Å². The van der Waals surface area contributed by atoms with Crippen LogP contribution in [0.25, 0.3) is 0 Å². The van der Waals surface area contributed by atoms with Gasteiger partial charge in [0.05, 0.1) is 8.67 Å². The summed E-state index contributed by atoms with van der Waals surface area (Å²) in [5.74, 6) is 0.730. The normalized spacial score (nSPS) is 13.0. The summed E-state index contributed by atoms with van der Waals surface area (Å²) in [5, 5.41) is 3.35. The molecule has 0 aromatic carbocycles. The highest BCUT2D eigenvalue weighted by atomic mass is 35.5. The molecular weight excluding hydrogens is 261 g/mol. The second-order valence-electron chi connectivity index (χ2n) is 4.14. The zero-order valence-electron chi connectivity index (χ0n) is 9.85. The fourth-order valence-electron chi connectivity index (χ4n) is 1.62. The van der Waals surface area contributed by atoms with Crippen LogP contribution in [0.15, 0.2) is 6.07 Å². The van der Waals surface area contributed by atoms with Crippen LogP contribution in [-0.2, 0) is 6.42 Å². The molecule has 1 atom stereocenters. The zero-order valence-corrected chi connectivity index (χ0v) is 12.2. The smallest absolute Gasteiger partial charge is 0.0976 e. The van der Waals surface area contributed by atoms with Crippen LogP contribution in [0.2, 0.25) is 8.67 Å². The summed E-state index contributed by atoms with van der Waals surface area (Å²) in [6.45, 7) is 6.59. The molecule has 1 aromatic heterocycles. The first kappa shape index (κ1) is 14.3. The van der Waals surface area contributed by atoms with Crippen LogP contribution in [0.1, 0.15) is 32.3 Å². The second kappa shape index (κ2) is 7.54. The average Bonchev–Trinajstić information content (AvgIpc) is 2.55. The molecular formula is C12H19Cl2NS. The summed E-state index contributed by atoms with van der Waals surface area (Å²) in [5.41, 5.74) is 1.20. The molecule has 1 heterocycles. The van der Waals surface area contributed by atoms with Crippen molar-refractivity contribution in [1.82, 2.24) is 5.32 Å². The topological polar surface area (TPSA) is 12.0 Å². The summed E-state index contributed by atoms with van der Waals surface area (Å²) < 4.78 is 1.64. The van der Waals surface area contributed by atoms with Crippen molar-refractivity contribution >= 4 is 34.5 Å². The maximum absolute atomic E-state index is 6.08. The molecule has 0 fully saturated rings. The van der Waals surface area contributed by atoms with Gasteiger partial charge in [-0.1, -0.05) is 37.0 Å². The molecule has 0 radical (unpaired) electrons. The molecule has 92 valence electrons. The van der Waals surface area contributed by atoms with Gasteiger partial charge in [-0.3, -0.25) is 0 Å². The Hall–Kier alpha value is 0.240. The first-order chi connectivity index (χ1) is 7.63. The van der Waals surface area contributed by atoms with E-state index in [9.17, 15) is 0 Å². The van der Waals surface area contributed by atoms with Crippen LogP contribution in [0.5, 0.6) is 0 Å². The van der Waals surface area contributed by atoms with E-state index in [0.29, 0.717) is 0 Å². The molecule has 1 nitrogen and oxygen atoms in total. The lowest BCUT2D eigenvalue weighted by molar-refractivity contribution is 0.474. The third-order valence-corrected chi connectivity index (χ3v) is 4.27. The minimum Gasteiger partial charge on any atom is -0.317 e. The Labute approximate surface area is 112 Å². The van der Waals surface area contributed by atoms with Gasteiger partial charge >= 0.3 is 0 Å². The van der Waals surface area contributed by atoms with Gasteiger partial charge in [-0.2, -0.15) is 0 Å². The van der Waals surface area contributed by atoms with Gasteiger partial charge in [-0.25, -0.2) is 0 Å². The predicted octanol–water partition coefficient (Wildman–Crippen LogP) is 4.62. The Morgan fingerprint density at radius 1 is 1.38 bits per heavy atom. The highest BCUT2D eigenvalue weighted by Crippen LogP contribution is 2.32. The maximum Gasteiger partial charge on any atom is 0.0976 e. The molecule has 16 heavy (non-hydrogen) atoms. The van der Waals surface area contributed by atoms with Crippen molar-refractivity contribution in [2.45, 2.75) is 33.1 Å². The molecule has 0 saturated heterocycles. The van der Waals surface area contributed by atoms with Gasteiger partial charge in [-0.05, 0) is 49.9 Å². The van der Waals surface area contributed by atoms with E-state index < -0.39 is 0 Å². The highest BCUT2D eigenvalue weighted by Gasteiger charge is 2.08. The van der Waals surface area contributed by atoms with E-state index in [1.165, 1.54) is 29.7 Å². The Bertz CT molecular complexity index is 312. The lowest BCUT2D eigenvalue weighted by Crippen LogP contribution is -2.16. The fourth-order valence-corrected chi connectivity index (χ4v) is 3.16. The summed E-state index contributed by atoms with van der Waals surface area (Å²) >= 11 is 13.4. The number of aryl methyl sites for hydroxylation is 1. The van der Waals surface area contributed by atoms with Gasteiger partial charge < -0.3 is 5.32 Å². The Balaban J connectivity index is 2.26. The molecule has 0 bridgehead atoms. The predicted molar refractivity (Wildman–Crippen MR) is 75.0 cm³/mol. The number of hydrogen-bond donors (Lipinski definition) is 1. The first-order valence-corrected chi connectivity index (χ1v) is 7.35. The maximum atomic E-state index is 6.08. The third kappa shape index (κ3) is 5.05. The molecule has 0 aliphatic carbocycles. The van der Waals surface area contributed by atoms with Crippen LogP contribution >= 0.6 is 34.5 Å². The summed E-state index contributed by atoms with van der Waals surface area (Å²) in [6.07, 6.45) is 3.44. The number of nitrogens with one attached hydrogen (secondary N) is 1. The zero-order chi connectivity index (χ0) is 12.0. The molecule has 1 aromatic rings. The van der Waals surface area contributed by atoms with E-state index in [0.717, 1.165) is 34.1 Å². The number of halogens is 2. The molecule has 1 unspecified atom stereocenters. The van der Waals surface area contributed by atoms with Crippen molar-refractivity contribution in [1.29, 1.82) is 0 Å². The molecule has 0 aliphatic rings. The molecule has 0 aliphatic heterocycles. The van der Waals surface area contributed by atoms with Gasteiger partial charge in [0, 0.05) is 0 Å². The minimum atomic E-state index is 0.730. The molecule has 0 saturated carbocycles. The van der Waals surface area contributed by atoms with Crippen LogP contribution in [0, 0.1) is 5.92 Å². The monoisotopic (exact) mass is 279 g/mol.